The molecule has 2 saturated heterocycles. The molecule has 0 N–H and O–H groups in total. The Kier molecular flexibility index (Phi) is 4.70. The summed E-state index contributed by atoms with van der Waals surface area (Å²) in [5.41, 5.74) is 0. The van der Waals surface area contributed by atoms with Gasteiger partial charge in [0.25, 0.3) is 0 Å². The Bertz CT molecular complexity index is 450. The van der Waals surface area contributed by atoms with Crippen molar-refractivity contribution in [2.45, 2.75) is 45.2 Å². The third kappa shape index (κ3) is 3.13. The Morgan fingerprint density at radius 1 is 1.23 bits per heavy atom. The molecule has 0 aromatic carbocycles. The highest BCUT2D eigenvalue weighted by Gasteiger charge is 2.39. The number of amides is 1. The van der Waals surface area contributed by atoms with Crippen LogP contribution < -0.4 is 0 Å². The van der Waals surface area contributed by atoms with Crippen LogP contribution in [0.4, 0.5) is 0 Å². The van der Waals surface area contributed by atoms with E-state index in [0.717, 1.165) is 38.6 Å². The molecule has 3 rings (SSSR count). The highest BCUT2D eigenvalue weighted by molar-refractivity contribution is 5.78. The summed E-state index contributed by atoms with van der Waals surface area (Å²) in [5, 5.41) is 9.30. The summed E-state index contributed by atoms with van der Waals surface area (Å²) < 4.78 is 0. The smallest absolute Gasteiger partial charge is 0.236 e. The van der Waals surface area contributed by atoms with E-state index in [1.54, 1.807) is 0 Å². The quantitative estimate of drug-likeness (QED) is 0.782. The molecule has 2 heterocycles. The van der Waals surface area contributed by atoms with Crippen LogP contribution in [0, 0.1) is 23.2 Å². The maximum atomic E-state index is 12.5. The van der Waals surface area contributed by atoms with Gasteiger partial charge in [-0.15, -0.1) is 0 Å². The maximum Gasteiger partial charge on any atom is 0.236 e. The van der Waals surface area contributed by atoms with E-state index in [4.69, 9.17) is 0 Å². The van der Waals surface area contributed by atoms with Crippen LogP contribution >= 0.6 is 0 Å². The number of carbonyl (C=O) groups is 1. The summed E-state index contributed by atoms with van der Waals surface area (Å²) >= 11 is 0. The molecule has 3 aliphatic rings. The third-order valence-electron chi connectivity index (χ3n) is 5.69. The minimum atomic E-state index is -0.0217. The van der Waals surface area contributed by atoms with Gasteiger partial charge in [0.05, 0.1) is 12.6 Å². The van der Waals surface area contributed by atoms with Crippen LogP contribution in [-0.2, 0) is 4.79 Å². The number of piperidine rings is 1. The van der Waals surface area contributed by atoms with Gasteiger partial charge in [-0.1, -0.05) is 13.8 Å². The third-order valence-corrected chi connectivity index (χ3v) is 5.69. The second kappa shape index (κ2) is 6.55. The highest BCUT2D eigenvalue weighted by atomic mass is 16.2. The van der Waals surface area contributed by atoms with E-state index in [1.807, 2.05) is 4.90 Å². The van der Waals surface area contributed by atoms with E-state index in [-0.39, 0.29) is 11.9 Å². The molecule has 0 spiro atoms. The summed E-state index contributed by atoms with van der Waals surface area (Å²) in [6.45, 7) is 9.11. The van der Waals surface area contributed by atoms with Gasteiger partial charge in [0.15, 0.2) is 0 Å². The fourth-order valence-electron chi connectivity index (χ4n) is 4.40. The largest absolute Gasteiger partial charge is 0.339 e. The number of nitrogens with zero attached hydrogens (tertiary/aromatic N) is 4. The molecule has 122 valence electrons. The van der Waals surface area contributed by atoms with Crippen molar-refractivity contribution in [3.8, 4) is 6.07 Å². The molecule has 3 atom stereocenters. The molecule has 1 amide bonds. The lowest BCUT2D eigenvalue weighted by Crippen LogP contribution is -2.54. The average molecular weight is 304 g/mol. The monoisotopic (exact) mass is 304 g/mol. The zero-order valence-corrected chi connectivity index (χ0v) is 13.9. The Morgan fingerprint density at radius 3 is 2.45 bits per heavy atom. The van der Waals surface area contributed by atoms with Gasteiger partial charge in [0.1, 0.15) is 6.04 Å². The first-order valence-corrected chi connectivity index (χ1v) is 8.74. The van der Waals surface area contributed by atoms with Crippen molar-refractivity contribution in [1.82, 2.24) is 14.7 Å². The lowest BCUT2D eigenvalue weighted by Gasteiger charge is -2.39. The van der Waals surface area contributed by atoms with Crippen LogP contribution in [0.15, 0.2) is 0 Å². The van der Waals surface area contributed by atoms with Crippen LogP contribution in [0.1, 0.15) is 33.1 Å². The number of likely N-dealkylation sites (tertiary alicyclic amines) is 1. The summed E-state index contributed by atoms with van der Waals surface area (Å²) in [7, 11) is 0. The van der Waals surface area contributed by atoms with Crippen molar-refractivity contribution in [3.63, 3.8) is 0 Å². The molecule has 3 unspecified atom stereocenters. The molecule has 0 radical (unpaired) electrons. The SMILES string of the molecule is CC(C)C(C#N)N1CCN(C(=O)CN2CC3CCC2C3)CC1. The van der Waals surface area contributed by atoms with Crippen molar-refractivity contribution in [2.75, 3.05) is 39.3 Å². The molecule has 5 nitrogen and oxygen atoms in total. The van der Waals surface area contributed by atoms with E-state index in [0.29, 0.717) is 18.5 Å². The molecular formula is C17H28N4O. The summed E-state index contributed by atoms with van der Waals surface area (Å²) in [5.74, 6) is 1.47. The zero-order valence-electron chi connectivity index (χ0n) is 13.9. The zero-order chi connectivity index (χ0) is 15.7. The number of carbonyl (C=O) groups excluding carboxylic acids is 1. The number of fused-ring (bicyclic) bond motifs is 2. The van der Waals surface area contributed by atoms with Crippen molar-refractivity contribution < 1.29 is 4.79 Å². The van der Waals surface area contributed by atoms with E-state index < -0.39 is 0 Å². The average Bonchev–Trinajstić information content (AvgIpc) is 3.11. The molecule has 2 bridgehead atoms. The Labute approximate surface area is 133 Å². The van der Waals surface area contributed by atoms with Crippen LogP contribution in [-0.4, -0.2) is 72.0 Å². The standard InChI is InChI=1S/C17H28N4O/c1-13(2)16(10-18)19-5-7-20(8-6-19)17(22)12-21-11-14-3-4-15(21)9-14/h13-16H,3-9,11-12H2,1-2H3. The van der Waals surface area contributed by atoms with Crippen molar-refractivity contribution >= 4 is 5.91 Å². The first-order chi connectivity index (χ1) is 10.6. The molecule has 0 aromatic rings. The number of hydrogen-bond acceptors (Lipinski definition) is 4. The van der Waals surface area contributed by atoms with Gasteiger partial charge >= 0.3 is 0 Å². The molecule has 22 heavy (non-hydrogen) atoms. The molecule has 1 aliphatic carbocycles. The number of hydrogen-bond donors (Lipinski definition) is 0. The van der Waals surface area contributed by atoms with Crippen molar-refractivity contribution in [1.29, 1.82) is 5.26 Å². The minimum Gasteiger partial charge on any atom is -0.339 e. The Morgan fingerprint density at radius 2 is 1.95 bits per heavy atom. The number of piperazine rings is 1. The van der Waals surface area contributed by atoms with E-state index >= 15 is 0 Å². The van der Waals surface area contributed by atoms with Crippen LogP contribution in [0.25, 0.3) is 0 Å². The second-order valence-corrected chi connectivity index (χ2v) is 7.50. The first-order valence-electron chi connectivity index (χ1n) is 8.74. The molecule has 1 saturated carbocycles. The summed E-state index contributed by atoms with van der Waals surface area (Å²) in [6, 6.07) is 3.05. The van der Waals surface area contributed by atoms with E-state index in [2.05, 4.69) is 29.7 Å². The minimum absolute atomic E-state index is 0.0217. The van der Waals surface area contributed by atoms with Crippen LogP contribution in [0.5, 0.6) is 0 Å². The fraction of sp³-hybridized carbons (Fsp3) is 0.882. The van der Waals surface area contributed by atoms with E-state index in [1.165, 1.54) is 19.3 Å². The number of rotatable bonds is 4. The van der Waals surface area contributed by atoms with Crippen molar-refractivity contribution in [3.05, 3.63) is 0 Å². The summed E-state index contributed by atoms with van der Waals surface area (Å²) in [4.78, 5) is 19.1. The Balaban J connectivity index is 1.47. The topological polar surface area (TPSA) is 50.6 Å². The van der Waals surface area contributed by atoms with Gasteiger partial charge in [-0.25, -0.2) is 0 Å². The van der Waals surface area contributed by atoms with Gasteiger partial charge in [0.2, 0.25) is 5.91 Å². The Hall–Kier alpha value is -1.12. The summed E-state index contributed by atoms with van der Waals surface area (Å²) in [6.07, 6.45) is 3.95. The second-order valence-electron chi connectivity index (χ2n) is 7.50. The predicted molar refractivity (Wildman–Crippen MR) is 85.1 cm³/mol. The molecular weight excluding hydrogens is 276 g/mol. The van der Waals surface area contributed by atoms with Gasteiger partial charge < -0.3 is 4.90 Å². The van der Waals surface area contributed by atoms with Crippen LogP contribution in [0.2, 0.25) is 0 Å². The molecule has 0 aromatic heterocycles. The highest BCUT2D eigenvalue weighted by Crippen LogP contribution is 2.37. The molecule has 5 heteroatoms. The van der Waals surface area contributed by atoms with E-state index in [9.17, 15) is 10.1 Å². The van der Waals surface area contributed by atoms with Crippen LogP contribution in [0.3, 0.4) is 0 Å². The fourth-order valence-corrected chi connectivity index (χ4v) is 4.40. The molecule has 2 aliphatic heterocycles. The molecule has 3 fully saturated rings. The number of nitriles is 1. The normalized spacial score (nSPS) is 30.7. The lowest BCUT2D eigenvalue weighted by molar-refractivity contribution is -0.134. The van der Waals surface area contributed by atoms with Gasteiger partial charge in [-0.3, -0.25) is 14.6 Å². The predicted octanol–water partition coefficient (Wildman–Crippen LogP) is 1.16. The van der Waals surface area contributed by atoms with Gasteiger partial charge in [-0.05, 0) is 31.1 Å². The van der Waals surface area contributed by atoms with Crippen molar-refractivity contribution in [2.24, 2.45) is 11.8 Å². The maximum absolute atomic E-state index is 12.5. The lowest BCUT2D eigenvalue weighted by atomic mass is 10.0. The first kappa shape index (κ1) is 15.8. The van der Waals surface area contributed by atoms with Gasteiger partial charge in [-0.2, -0.15) is 5.26 Å². The van der Waals surface area contributed by atoms with Gasteiger partial charge in [0, 0.05) is 38.8 Å².